The number of hydrogen-bond donors (Lipinski definition) is 1. The van der Waals surface area contributed by atoms with Gasteiger partial charge in [0.15, 0.2) is 0 Å². The molecule has 2 aliphatic rings. The monoisotopic (exact) mass is 290 g/mol. The summed E-state index contributed by atoms with van der Waals surface area (Å²) in [5.41, 5.74) is -0.877. The molecule has 19 heavy (non-hydrogen) atoms. The van der Waals surface area contributed by atoms with Crippen molar-refractivity contribution in [2.45, 2.75) is 83.0 Å². The van der Waals surface area contributed by atoms with Gasteiger partial charge in [-0.25, -0.2) is 0 Å². The summed E-state index contributed by atoms with van der Waals surface area (Å²) >= 11 is -1.73. The van der Waals surface area contributed by atoms with Crippen LogP contribution in [0.15, 0.2) is 0 Å². The summed E-state index contributed by atoms with van der Waals surface area (Å²) in [6, 6.07) is 0. The average Bonchev–Trinajstić information content (AvgIpc) is 2.35. The van der Waals surface area contributed by atoms with Crippen LogP contribution >= 0.6 is 0 Å². The highest BCUT2D eigenvalue weighted by atomic mass is 32.2. The molecule has 2 aliphatic carbocycles. The van der Waals surface area contributed by atoms with Crippen LogP contribution in [0.5, 0.6) is 0 Å². The molecule has 0 saturated heterocycles. The molecule has 0 spiro atoms. The van der Waals surface area contributed by atoms with Gasteiger partial charge in [-0.2, -0.15) is 4.21 Å². The highest BCUT2D eigenvalue weighted by Gasteiger charge is 2.37. The summed E-state index contributed by atoms with van der Waals surface area (Å²) in [4.78, 5) is 0. The van der Waals surface area contributed by atoms with Gasteiger partial charge >= 0.3 is 11.4 Å². The molecule has 5 heteroatoms. The first-order chi connectivity index (χ1) is 8.97. The van der Waals surface area contributed by atoms with Gasteiger partial charge in [-0.15, -0.1) is 0 Å². The topological polar surface area (TPSA) is 55.8 Å². The molecule has 0 aliphatic heterocycles. The van der Waals surface area contributed by atoms with Gasteiger partial charge in [0.25, 0.3) is 0 Å². The highest BCUT2D eigenvalue weighted by Crippen LogP contribution is 2.32. The fourth-order valence-electron chi connectivity index (χ4n) is 2.99. The first-order valence-electron chi connectivity index (χ1n) is 7.46. The molecule has 0 heterocycles. The fraction of sp³-hybridized carbons (Fsp3) is 1.00. The maximum atomic E-state index is 11.9. The van der Waals surface area contributed by atoms with E-state index in [1.54, 1.807) is 6.92 Å². The van der Waals surface area contributed by atoms with Crippen molar-refractivity contribution in [3.63, 3.8) is 0 Å². The van der Waals surface area contributed by atoms with Crippen molar-refractivity contribution in [2.75, 3.05) is 0 Å². The van der Waals surface area contributed by atoms with Crippen LogP contribution in [0.4, 0.5) is 0 Å². The molecule has 112 valence electrons. The lowest BCUT2D eigenvalue weighted by Crippen LogP contribution is -2.44. The molecular weight excluding hydrogens is 264 g/mol. The van der Waals surface area contributed by atoms with Gasteiger partial charge in [-0.1, -0.05) is 19.8 Å². The molecule has 4 nitrogen and oxygen atoms in total. The molecule has 2 fully saturated rings. The lowest BCUT2D eigenvalue weighted by molar-refractivity contribution is -0.0745. The van der Waals surface area contributed by atoms with Crippen LogP contribution in [0, 0.1) is 5.92 Å². The second-order valence-corrected chi connectivity index (χ2v) is 7.16. The van der Waals surface area contributed by atoms with E-state index in [9.17, 15) is 9.32 Å². The van der Waals surface area contributed by atoms with Crippen LogP contribution in [0.25, 0.3) is 0 Å². The molecular formula is C14H26O4S. The molecule has 0 aromatic carbocycles. The van der Waals surface area contributed by atoms with E-state index in [4.69, 9.17) is 8.37 Å². The van der Waals surface area contributed by atoms with Crippen molar-refractivity contribution in [3.8, 4) is 0 Å². The fourth-order valence-corrected chi connectivity index (χ4v) is 3.94. The summed E-state index contributed by atoms with van der Waals surface area (Å²) < 4.78 is 22.8. The largest absolute Gasteiger partial charge is 0.387 e. The molecule has 1 N–H and O–H groups in total. The van der Waals surface area contributed by atoms with Crippen molar-refractivity contribution in [1.82, 2.24) is 0 Å². The van der Waals surface area contributed by atoms with Crippen LogP contribution in [0.1, 0.15) is 65.2 Å². The highest BCUT2D eigenvalue weighted by molar-refractivity contribution is 7.75. The molecule has 0 amide bonds. The van der Waals surface area contributed by atoms with Gasteiger partial charge < -0.3 is 5.11 Å². The first kappa shape index (κ1) is 15.4. The molecule has 2 rings (SSSR count). The predicted molar refractivity (Wildman–Crippen MR) is 74.6 cm³/mol. The Morgan fingerprint density at radius 2 is 1.79 bits per heavy atom. The lowest BCUT2D eigenvalue weighted by Gasteiger charge is -2.36. The Balaban J connectivity index is 1.77. The third kappa shape index (κ3) is 4.52. The summed E-state index contributed by atoms with van der Waals surface area (Å²) in [7, 11) is 0. The van der Waals surface area contributed by atoms with Crippen LogP contribution in [-0.2, 0) is 19.7 Å². The smallest absolute Gasteiger partial charge is 0.305 e. The minimum absolute atomic E-state index is 0.0468. The molecule has 0 aromatic heterocycles. The van der Waals surface area contributed by atoms with E-state index in [0.717, 1.165) is 50.9 Å². The Morgan fingerprint density at radius 1 is 1.11 bits per heavy atom. The zero-order valence-corrected chi connectivity index (χ0v) is 12.8. The van der Waals surface area contributed by atoms with E-state index in [1.807, 2.05) is 0 Å². The minimum atomic E-state index is -1.73. The normalized spacial score (nSPS) is 41.9. The summed E-state index contributed by atoms with van der Waals surface area (Å²) in [5, 5.41) is 10.2. The van der Waals surface area contributed by atoms with Crippen molar-refractivity contribution in [3.05, 3.63) is 0 Å². The van der Waals surface area contributed by atoms with E-state index >= 15 is 0 Å². The molecule has 0 radical (unpaired) electrons. The third-order valence-electron chi connectivity index (χ3n) is 4.47. The Bertz CT molecular complexity index is 311. The Kier molecular flexibility index (Phi) is 5.40. The second-order valence-electron chi connectivity index (χ2n) is 6.37. The lowest BCUT2D eigenvalue weighted by atomic mass is 9.84. The molecule has 0 aromatic rings. The van der Waals surface area contributed by atoms with Gasteiger partial charge in [0, 0.05) is 0 Å². The van der Waals surface area contributed by atoms with Crippen LogP contribution < -0.4 is 0 Å². The maximum absolute atomic E-state index is 11.9. The van der Waals surface area contributed by atoms with E-state index < -0.39 is 17.0 Å². The molecule has 3 atom stereocenters. The summed E-state index contributed by atoms with van der Waals surface area (Å²) in [5.74, 6) is 0.744. The van der Waals surface area contributed by atoms with Gasteiger partial charge in [-0.05, 0) is 51.4 Å². The second kappa shape index (κ2) is 6.66. The van der Waals surface area contributed by atoms with Crippen molar-refractivity contribution in [1.29, 1.82) is 0 Å². The zero-order valence-electron chi connectivity index (χ0n) is 12.0. The van der Waals surface area contributed by atoms with Crippen LogP contribution in [0.3, 0.4) is 0 Å². The van der Waals surface area contributed by atoms with E-state index in [1.165, 1.54) is 0 Å². The van der Waals surface area contributed by atoms with Gasteiger partial charge in [0.1, 0.15) is 6.10 Å². The molecule has 2 saturated carbocycles. The van der Waals surface area contributed by atoms with Crippen LogP contribution in [0.2, 0.25) is 0 Å². The van der Waals surface area contributed by atoms with Crippen LogP contribution in [-0.4, -0.2) is 27.1 Å². The third-order valence-corrected chi connectivity index (χ3v) is 5.28. The number of aliphatic hydroxyl groups is 1. The number of hydrogen-bond acceptors (Lipinski definition) is 4. The zero-order chi connectivity index (χ0) is 13.9. The van der Waals surface area contributed by atoms with Crippen molar-refractivity contribution >= 4 is 11.4 Å². The van der Waals surface area contributed by atoms with Gasteiger partial charge in [-0.3, -0.25) is 8.37 Å². The Hall–Kier alpha value is 0.0300. The average molecular weight is 290 g/mol. The van der Waals surface area contributed by atoms with Crippen molar-refractivity contribution < 1.29 is 17.7 Å². The van der Waals surface area contributed by atoms with Crippen molar-refractivity contribution in [2.24, 2.45) is 5.92 Å². The SMILES string of the molecule is CC1CCC(OS(=O)OC2CCCCC2(C)O)CC1. The first-order valence-corrected chi connectivity index (χ1v) is 8.46. The van der Waals surface area contributed by atoms with E-state index in [2.05, 4.69) is 6.92 Å². The maximum Gasteiger partial charge on any atom is 0.305 e. The number of rotatable bonds is 4. The van der Waals surface area contributed by atoms with E-state index in [0.29, 0.717) is 6.42 Å². The molecule has 3 unspecified atom stereocenters. The Labute approximate surface area is 118 Å². The predicted octanol–water partition coefficient (Wildman–Crippen LogP) is 2.87. The standard InChI is InChI=1S/C14H26O4S/c1-11-6-8-12(9-7-11)17-19(16)18-13-5-3-4-10-14(13,2)15/h11-13,15H,3-10H2,1-2H3. The van der Waals surface area contributed by atoms with Gasteiger partial charge in [0.2, 0.25) is 0 Å². The molecule has 0 bridgehead atoms. The van der Waals surface area contributed by atoms with E-state index in [-0.39, 0.29) is 12.2 Å². The quantitative estimate of drug-likeness (QED) is 0.865. The minimum Gasteiger partial charge on any atom is -0.387 e. The summed E-state index contributed by atoms with van der Waals surface area (Å²) in [6.45, 7) is 4.00. The van der Waals surface area contributed by atoms with Gasteiger partial charge in [0.05, 0.1) is 11.7 Å². The summed E-state index contributed by atoms with van der Waals surface area (Å²) in [6.07, 6.45) is 7.32. The Morgan fingerprint density at radius 3 is 2.42 bits per heavy atom.